The Morgan fingerprint density at radius 3 is 2.42 bits per heavy atom. The summed E-state index contributed by atoms with van der Waals surface area (Å²) in [5, 5.41) is 9.99. The van der Waals surface area contributed by atoms with Crippen LogP contribution in [0.2, 0.25) is 5.02 Å². The molecule has 0 aromatic heterocycles. The van der Waals surface area contributed by atoms with Crippen molar-refractivity contribution in [1.82, 2.24) is 0 Å². The van der Waals surface area contributed by atoms with Gasteiger partial charge in [-0.3, -0.25) is 4.79 Å². The summed E-state index contributed by atoms with van der Waals surface area (Å²) in [5.74, 6) is -1.95. The lowest BCUT2D eigenvalue weighted by Crippen LogP contribution is -2.31. The van der Waals surface area contributed by atoms with E-state index in [1.54, 1.807) is 0 Å². The smallest absolute Gasteiger partial charge is 0.335 e. The van der Waals surface area contributed by atoms with E-state index >= 15 is 0 Å². The highest BCUT2D eigenvalue weighted by Gasteiger charge is 2.24. The molecule has 19 heavy (non-hydrogen) atoms. The van der Waals surface area contributed by atoms with Crippen molar-refractivity contribution in [2.45, 2.75) is 12.2 Å². The van der Waals surface area contributed by atoms with Gasteiger partial charge in [0.05, 0.1) is 16.3 Å². The summed E-state index contributed by atoms with van der Waals surface area (Å²) < 4.78 is 22.5. The molecule has 0 spiro atoms. The number of aromatic carboxylic acids is 1. The van der Waals surface area contributed by atoms with Crippen molar-refractivity contribution in [2.24, 2.45) is 0 Å². The second kappa shape index (κ2) is 5.58. The minimum Gasteiger partial charge on any atom is -0.478 e. The van der Waals surface area contributed by atoms with E-state index in [1.807, 2.05) is 0 Å². The molecule has 0 fully saturated rings. The molecule has 1 amide bonds. The fourth-order valence-corrected chi connectivity index (χ4v) is 1.80. The van der Waals surface area contributed by atoms with Crippen molar-refractivity contribution >= 4 is 39.0 Å². The number of carbonyl (C=O) groups excluding carboxylic acids is 1. The number of hydrogen-bond donors (Lipinski definition) is 2. The van der Waals surface area contributed by atoms with Gasteiger partial charge < -0.3 is 10.4 Å². The van der Waals surface area contributed by atoms with Crippen molar-refractivity contribution in [2.75, 3.05) is 11.6 Å². The lowest BCUT2D eigenvalue weighted by molar-refractivity contribution is -0.115. The predicted octanol–water partition coefficient (Wildman–Crippen LogP) is 1.41. The summed E-state index contributed by atoms with van der Waals surface area (Å²) in [6, 6.07) is 3.75. The van der Waals surface area contributed by atoms with E-state index in [-0.39, 0.29) is 16.3 Å². The zero-order valence-corrected chi connectivity index (χ0v) is 11.7. The molecule has 1 atom stereocenters. The number of halogens is 1. The number of carboxylic acids is 1. The Morgan fingerprint density at radius 2 is 1.95 bits per heavy atom. The normalized spacial score (nSPS) is 12.8. The molecular formula is C11H12ClNO5S. The van der Waals surface area contributed by atoms with Crippen LogP contribution in [0.25, 0.3) is 0 Å². The van der Waals surface area contributed by atoms with Gasteiger partial charge in [0.2, 0.25) is 5.91 Å². The molecule has 0 aliphatic rings. The average molecular weight is 306 g/mol. The van der Waals surface area contributed by atoms with Gasteiger partial charge in [0.15, 0.2) is 9.84 Å². The molecule has 0 radical (unpaired) electrons. The third-order valence-corrected chi connectivity index (χ3v) is 4.31. The zero-order chi connectivity index (χ0) is 14.8. The average Bonchev–Trinajstić information content (AvgIpc) is 2.29. The van der Waals surface area contributed by atoms with Crippen LogP contribution in [0.5, 0.6) is 0 Å². The Morgan fingerprint density at radius 1 is 1.37 bits per heavy atom. The molecule has 1 unspecified atom stereocenters. The van der Waals surface area contributed by atoms with Gasteiger partial charge in [-0.15, -0.1) is 0 Å². The topological polar surface area (TPSA) is 101 Å². The van der Waals surface area contributed by atoms with E-state index in [2.05, 4.69) is 5.32 Å². The second-order valence-electron chi connectivity index (χ2n) is 3.96. The third-order valence-electron chi connectivity index (χ3n) is 2.48. The lowest BCUT2D eigenvalue weighted by Gasteiger charge is -2.12. The third kappa shape index (κ3) is 3.93. The summed E-state index contributed by atoms with van der Waals surface area (Å²) in [6.07, 6.45) is 0.937. The molecule has 0 saturated carbocycles. The predicted molar refractivity (Wildman–Crippen MR) is 71.3 cm³/mol. The summed E-state index contributed by atoms with van der Waals surface area (Å²) >= 11 is 5.81. The maximum absolute atomic E-state index is 11.7. The van der Waals surface area contributed by atoms with Crippen molar-refractivity contribution in [3.63, 3.8) is 0 Å². The quantitative estimate of drug-likeness (QED) is 0.876. The van der Waals surface area contributed by atoms with Gasteiger partial charge in [0.25, 0.3) is 0 Å². The van der Waals surface area contributed by atoms with Gasteiger partial charge in [-0.05, 0) is 25.1 Å². The molecule has 1 rings (SSSR count). The van der Waals surface area contributed by atoms with E-state index in [0.717, 1.165) is 12.3 Å². The van der Waals surface area contributed by atoms with Crippen molar-refractivity contribution in [1.29, 1.82) is 0 Å². The number of carbonyl (C=O) groups is 2. The molecule has 1 aromatic carbocycles. The van der Waals surface area contributed by atoms with Crippen molar-refractivity contribution < 1.29 is 23.1 Å². The van der Waals surface area contributed by atoms with Crippen LogP contribution in [0.15, 0.2) is 18.2 Å². The van der Waals surface area contributed by atoms with Gasteiger partial charge in [-0.2, -0.15) is 0 Å². The van der Waals surface area contributed by atoms with Gasteiger partial charge in [0, 0.05) is 6.26 Å². The summed E-state index contributed by atoms with van der Waals surface area (Å²) in [7, 11) is -3.53. The van der Waals surface area contributed by atoms with Gasteiger partial charge in [-0.1, -0.05) is 11.6 Å². The maximum atomic E-state index is 11.7. The molecule has 104 valence electrons. The Balaban J connectivity index is 3.03. The van der Waals surface area contributed by atoms with Crippen LogP contribution >= 0.6 is 11.6 Å². The van der Waals surface area contributed by atoms with Crippen LogP contribution < -0.4 is 5.32 Å². The number of benzene rings is 1. The Labute approximate surface area is 115 Å². The van der Waals surface area contributed by atoms with E-state index in [0.29, 0.717) is 0 Å². The number of hydrogen-bond acceptors (Lipinski definition) is 4. The molecular weight excluding hydrogens is 294 g/mol. The first-order valence-electron chi connectivity index (χ1n) is 5.15. The lowest BCUT2D eigenvalue weighted by atomic mass is 10.2. The van der Waals surface area contributed by atoms with Crippen LogP contribution in [-0.4, -0.2) is 36.9 Å². The number of sulfone groups is 1. The van der Waals surface area contributed by atoms with E-state index in [4.69, 9.17) is 16.7 Å². The van der Waals surface area contributed by atoms with Gasteiger partial charge in [0.1, 0.15) is 5.25 Å². The Hall–Kier alpha value is -1.60. The number of amides is 1. The SMILES string of the molecule is CC(C(=O)Nc1cc(C(=O)O)ccc1Cl)S(C)(=O)=O. The van der Waals surface area contributed by atoms with Gasteiger partial charge >= 0.3 is 5.97 Å². The van der Waals surface area contributed by atoms with Crippen molar-refractivity contribution in [3.05, 3.63) is 28.8 Å². The van der Waals surface area contributed by atoms with Gasteiger partial charge in [-0.25, -0.2) is 13.2 Å². The highest BCUT2D eigenvalue weighted by molar-refractivity contribution is 7.92. The first-order chi connectivity index (χ1) is 8.62. The summed E-state index contributed by atoms with van der Waals surface area (Å²) in [4.78, 5) is 22.5. The fourth-order valence-electron chi connectivity index (χ4n) is 1.18. The highest BCUT2D eigenvalue weighted by atomic mass is 35.5. The second-order valence-corrected chi connectivity index (χ2v) is 6.73. The summed E-state index contributed by atoms with van der Waals surface area (Å²) in [5.41, 5.74) is -0.00576. The molecule has 0 saturated heterocycles. The molecule has 0 aliphatic heterocycles. The first kappa shape index (κ1) is 15.5. The largest absolute Gasteiger partial charge is 0.478 e. The van der Waals surface area contributed by atoms with Crippen LogP contribution in [0.3, 0.4) is 0 Å². The van der Waals surface area contributed by atoms with E-state index in [9.17, 15) is 18.0 Å². The van der Waals surface area contributed by atoms with Crippen LogP contribution in [0.4, 0.5) is 5.69 Å². The standard InChI is InChI=1S/C11H12ClNO5S/c1-6(19(2,17)18)10(14)13-9-5-7(11(15)16)3-4-8(9)12/h3-6H,1-2H3,(H,13,14)(H,15,16). The minimum atomic E-state index is -3.53. The molecule has 0 aliphatic carbocycles. The zero-order valence-electron chi connectivity index (χ0n) is 10.2. The van der Waals surface area contributed by atoms with E-state index < -0.39 is 27.0 Å². The number of carboxylic acid groups (broad SMARTS) is 1. The molecule has 8 heteroatoms. The first-order valence-corrected chi connectivity index (χ1v) is 7.48. The maximum Gasteiger partial charge on any atom is 0.335 e. The number of rotatable bonds is 4. The molecule has 6 nitrogen and oxygen atoms in total. The van der Waals surface area contributed by atoms with Crippen molar-refractivity contribution in [3.8, 4) is 0 Å². The molecule has 0 heterocycles. The Bertz CT molecular complexity index is 626. The summed E-state index contributed by atoms with van der Waals surface area (Å²) in [6.45, 7) is 1.24. The fraction of sp³-hybridized carbons (Fsp3) is 0.273. The molecule has 1 aromatic rings. The Kier molecular flexibility index (Phi) is 4.54. The minimum absolute atomic E-state index is 0.0575. The number of anilines is 1. The number of nitrogens with one attached hydrogen (secondary N) is 1. The highest BCUT2D eigenvalue weighted by Crippen LogP contribution is 2.23. The molecule has 2 N–H and O–H groups in total. The van der Waals surface area contributed by atoms with E-state index in [1.165, 1.54) is 19.1 Å². The van der Waals surface area contributed by atoms with Crippen LogP contribution in [0, 0.1) is 0 Å². The monoisotopic (exact) mass is 305 g/mol. The van der Waals surface area contributed by atoms with Crippen LogP contribution in [-0.2, 0) is 14.6 Å². The molecule has 0 bridgehead atoms. The van der Waals surface area contributed by atoms with Crippen LogP contribution in [0.1, 0.15) is 17.3 Å².